The number of fused-ring (bicyclic) bond motifs is 1. The number of hydrogen-bond donors (Lipinski definition) is 3. The first-order valence-electron chi connectivity index (χ1n) is 10.3. The number of aromatic hydroxyl groups is 1. The maximum absolute atomic E-state index is 12.9. The summed E-state index contributed by atoms with van der Waals surface area (Å²) in [4.78, 5) is 50.6. The molecule has 1 heterocycles. The standard InChI is InChI=1S/C25H20N2O7/c1-34-17-6-2-14(3-7-17)10-11-27-23(30)18-8-4-15(12-19(18)24(27)31)22(29)26-20-13-16(25(32)33)5-9-21(20)28/h2-9,12-13,28H,10-11H2,1H3,(H,26,29)(H,32,33). The summed E-state index contributed by atoms with van der Waals surface area (Å²) >= 11 is 0. The molecule has 0 aromatic heterocycles. The molecule has 9 heteroatoms. The van der Waals surface area contributed by atoms with Crippen LogP contribution in [0, 0.1) is 0 Å². The SMILES string of the molecule is COc1ccc(CCN2C(=O)c3ccc(C(=O)Nc4cc(C(=O)O)ccc4O)cc3C2=O)cc1. The van der Waals surface area contributed by atoms with Gasteiger partial charge in [-0.3, -0.25) is 19.3 Å². The number of carbonyl (C=O) groups excluding carboxylic acids is 3. The molecule has 1 aliphatic rings. The summed E-state index contributed by atoms with van der Waals surface area (Å²) in [5.74, 6) is -2.43. The van der Waals surface area contributed by atoms with Crippen LogP contribution in [0.4, 0.5) is 5.69 Å². The Balaban J connectivity index is 1.50. The van der Waals surface area contributed by atoms with Gasteiger partial charge in [0.2, 0.25) is 0 Å². The number of hydrogen-bond acceptors (Lipinski definition) is 6. The van der Waals surface area contributed by atoms with E-state index >= 15 is 0 Å². The molecule has 4 rings (SSSR count). The van der Waals surface area contributed by atoms with Crippen molar-refractivity contribution in [1.29, 1.82) is 0 Å². The number of rotatable bonds is 7. The number of anilines is 1. The summed E-state index contributed by atoms with van der Waals surface area (Å²) < 4.78 is 5.12. The van der Waals surface area contributed by atoms with Crippen molar-refractivity contribution in [2.45, 2.75) is 6.42 Å². The van der Waals surface area contributed by atoms with Gasteiger partial charge >= 0.3 is 5.97 Å². The second-order valence-corrected chi connectivity index (χ2v) is 7.61. The molecular weight excluding hydrogens is 440 g/mol. The van der Waals surface area contributed by atoms with E-state index in [4.69, 9.17) is 9.84 Å². The van der Waals surface area contributed by atoms with Gasteiger partial charge in [-0.1, -0.05) is 12.1 Å². The molecule has 1 aliphatic heterocycles. The first-order valence-corrected chi connectivity index (χ1v) is 10.3. The number of imide groups is 1. The molecule has 3 amide bonds. The van der Waals surface area contributed by atoms with E-state index in [0.29, 0.717) is 12.2 Å². The Labute approximate surface area is 194 Å². The second-order valence-electron chi connectivity index (χ2n) is 7.61. The lowest BCUT2D eigenvalue weighted by atomic mass is 10.1. The van der Waals surface area contributed by atoms with Crippen LogP contribution in [0.1, 0.15) is 47.0 Å². The molecule has 0 radical (unpaired) electrons. The van der Waals surface area contributed by atoms with Gasteiger partial charge in [0.25, 0.3) is 17.7 Å². The first-order chi connectivity index (χ1) is 16.3. The third kappa shape index (κ3) is 4.31. The van der Waals surface area contributed by atoms with Gasteiger partial charge < -0.3 is 20.3 Å². The van der Waals surface area contributed by atoms with Gasteiger partial charge in [-0.25, -0.2) is 4.79 Å². The highest BCUT2D eigenvalue weighted by atomic mass is 16.5. The molecule has 0 saturated carbocycles. The van der Waals surface area contributed by atoms with Crippen molar-refractivity contribution in [3.05, 3.63) is 88.5 Å². The van der Waals surface area contributed by atoms with Crippen molar-refractivity contribution in [2.75, 3.05) is 19.0 Å². The molecule has 34 heavy (non-hydrogen) atoms. The third-order valence-electron chi connectivity index (χ3n) is 5.51. The van der Waals surface area contributed by atoms with Crippen molar-refractivity contribution in [2.24, 2.45) is 0 Å². The van der Waals surface area contributed by atoms with Gasteiger partial charge in [-0.2, -0.15) is 0 Å². The lowest BCUT2D eigenvalue weighted by Crippen LogP contribution is -2.31. The molecule has 3 aromatic carbocycles. The van der Waals surface area contributed by atoms with Gasteiger partial charge in [-0.05, 0) is 60.5 Å². The van der Waals surface area contributed by atoms with Crippen molar-refractivity contribution < 1.29 is 34.1 Å². The summed E-state index contributed by atoms with van der Waals surface area (Å²) in [7, 11) is 1.57. The maximum atomic E-state index is 12.9. The zero-order valence-corrected chi connectivity index (χ0v) is 18.1. The molecule has 9 nitrogen and oxygen atoms in total. The fourth-order valence-corrected chi connectivity index (χ4v) is 3.63. The largest absolute Gasteiger partial charge is 0.506 e. The minimum absolute atomic E-state index is 0.0806. The van der Waals surface area contributed by atoms with Gasteiger partial charge in [-0.15, -0.1) is 0 Å². The van der Waals surface area contributed by atoms with E-state index in [1.807, 2.05) is 12.1 Å². The number of ether oxygens (including phenoxy) is 1. The highest BCUT2D eigenvalue weighted by Gasteiger charge is 2.35. The molecule has 0 atom stereocenters. The topological polar surface area (TPSA) is 133 Å². The average molecular weight is 460 g/mol. The predicted molar refractivity (Wildman–Crippen MR) is 122 cm³/mol. The van der Waals surface area contributed by atoms with Gasteiger partial charge in [0.05, 0.1) is 29.5 Å². The molecular formula is C25H20N2O7. The Kier molecular flexibility index (Phi) is 6.01. The fourth-order valence-electron chi connectivity index (χ4n) is 3.63. The van der Waals surface area contributed by atoms with Crippen LogP contribution in [0.15, 0.2) is 60.7 Å². The Bertz CT molecular complexity index is 1320. The Morgan fingerprint density at radius 3 is 2.26 bits per heavy atom. The van der Waals surface area contributed by atoms with Crippen LogP contribution in [0.2, 0.25) is 0 Å². The minimum Gasteiger partial charge on any atom is -0.506 e. The monoisotopic (exact) mass is 460 g/mol. The zero-order chi connectivity index (χ0) is 24.4. The number of carbonyl (C=O) groups is 4. The number of nitrogens with one attached hydrogen (secondary N) is 1. The van der Waals surface area contributed by atoms with Gasteiger partial charge in [0, 0.05) is 12.1 Å². The maximum Gasteiger partial charge on any atom is 0.335 e. The number of amides is 3. The van der Waals surface area contributed by atoms with Crippen molar-refractivity contribution in [3.63, 3.8) is 0 Å². The van der Waals surface area contributed by atoms with E-state index in [1.54, 1.807) is 19.2 Å². The van der Waals surface area contributed by atoms with Crippen LogP contribution < -0.4 is 10.1 Å². The normalized spacial score (nSPS) is 12.4. The Hall–Kier alpha value is -4.66. The first kappa shape index (κ1) is 22.5. The number of phenols is 1. The Morgan fingerprint density at radius 2 is 1.59 bits per heavy atom. The number of phenolic OH excluding ortho intramolecular Hbond substituents is 1. The lowest BCUT2D eigenvalue weighted by molar-refractivity contribution is 0.0652. The molecule has 0 unspecified atom stereocenters. The van der Waals surface area contributed by atoms with Gasteiger partial charge in [0.15, 0.2) is 0 Å². The van der Waals surface area contributed by atoms with E-state index in [9.17, 15) is 24.3 Å². The van der Waals surface area contributed by atoms with E-state index < -0.39 is 23.7 Å². The number of aromatic carboxylic acids is 1. The van der Waals surface area contributed by atoms with Gasteiger partial charge in [0.1, 0.15) is 11.5 Å². The number of nitrogens with zero attached hydrogens (tertiary/aromatic N) is 1. The minimum atomic E-state index is -1.22. The zero-order valence-electron chi connectivity index (χ0n) is 18.1. The highest BCUT2D eigenvalue weighted by Crippen LogP contribution is 2.27. The van der Waals surface area contributed by atoms with E-state index in [-0.39, 0.29) is 40.2 Å². The third-order valence-corrected chi connectivity index (χ3v) is 5.51. The lowest BCUT2D eigenvalue weighted by Gasteiger charge is -2.13. The summed E-state index contributed by atoms with van der Waals surface area (Å²) in [6.45, 7) is 0.177. The fraction of sp³-hybridized carbons (Fsp3) is 0.120. The van der Waals surface area contributed by atoms with Crippen LogP contribution in [0.3, 0.4) is 0 Å². The summed E-state index contributed by atoms with van der Waals surface area (Å²) in [5.41, 5.74) is 1.12. The summed E-state index contributed by atoms with van der Waals surface area (Å²) in [6, 6.07) is 14.9. The van der Waals surface area contributed by atoms with E-state index in [2.05, 4.69) is 5.32 Å². The predicted octanol–water partition coefficient (Wildman–Crippen LogP) is 3.19. The molecule has 0 bridgehead atoms. The highest BCUT2D eigenvalue weighted by molar-refractivity contribution is 6.22. The smallest absolute Gasteiger partial charge is 0.335 e. The molecule has 172 valence electrons. The van der Waals surface area contributed by atoms with Crippen LogP contribution in [-0.4, -0.2) is 52.5 Å². The Morgan fingerprint density at radius 1 is 0.912 bits per heavy atom. The molecule has 0 fully saturated rings. The van der Waals surface area contributed by atoms with Crippen LogP contribution in [-0.2, 0) is 6.42 Å². The van der Waals surface area contributed by atoms with Crippen molar-refractivity contribution in [1.82, 2.24) is 4.90 Å². The van der Waals surface area contributed by atoms with Crippen molar-refractivity contribution in [3.8, 4) is 11.5 Å². The molecule has 0 aliphatic carbocycles. The number of benzene rings is 3. The number of carboxylic acid groups (broad SMARTS) is 1. The number of methoxy groups -OCH3 is 1. The van der Waals surface area contributed by atoms with E-state index in [0.717, 1.165) is 22.6 Å². The quantitative estimate of drug-likeness (QED) is 0.364. The second kappa shape index (κ2) is 9.07. The van der Waals surface area contributed by atoms with Crippen LogP contribution >= 0.6 is 0 Å². The molecule has 0 saturated heterocycles. The molecule has 3 aromatic rings. The summed E-state index contributed by atoms with van der Waals surface area (Å²) in [5, 5.41) is 21.5. The van der Waals surface area contributed by atoms with Crippen molar-refractivity contribution >= 4 is 29.4 Å². The van der Waals surface area contributed by atoms with Crippen LogP contribution in [0.25, 0.3) is 0 Å². The van der Waals surface area contributed by atoms with Crippen LogP contribution in [0.5, 0.6) is 11.5 Å². The average Bonchev–Trinajstić information content (AvgIpc) is 3.08. The molecule has 3 N–H and O–H groups in total. The number of carboxylic acids is 1. The van der Waals surface area contributed by atoms with E-state index in [1.165, 1.54) is 24.3 Å². The molecule has 0 spiro atoms. The summed E-state index contributed by atoms with van der Waals surface area (Å²) in [6.07, 6.45) is 0.460.